The predicted molar refractivity (Wildman–Crippen MR) is 118 cm³/mol. The van der Waals surface area contributed by atoms with Crippen molar-refractivity contribution in [3.05, 3.63) is 53.2 Å². The summed E-state index contributed by atoms with van der Waals surface area (Å²) < 4.78 is 27.4. The van der Waals surface area contributed by atoms with E-state index in [4.69, 9.17) is 11.6 Å². The fourth-order valence-corrected chi connectivity index (χ4v) is 6.64. The van der Waals surface area contributed by atoms with Gasteiger partial charge < -0.3 is 5.32 Å². The van der Waals surface area contributed by atoms with Crippen LogP contribution in [0.2, 0.25) is 5.02 Å². The van der Waals surface area contributed by atoms with Crippen LogP contribution in [0.15, 0.2) is 47.5 Å². The summed E-state index contributed by atoms with van der Waals surface area (Å²) in [4.78, 5) is 12.5. The molecule has 2 aromatic carbocycles. The molecule has 3 rings (SSSR count). The van der Waals surface area contributed by atoms with Crippen LogP contribution in [0.25, 0.3) is 10.9 Å². The van der Waals surface area contributed by atoms with Gasteiger partial charge in [0.15, 0.2) is 0 Å². The minimum atomic E-state index is -3.75. The summed E-state index contributed by atoms with van der Waals surface area (Å²) in [5.74, 6) is -0.292. The monoisotopic (exact) mass is 456 g/mol. The van der Waals surface area contributed by atoms with Gasteiger partial charge in [0.25, 0.3) is 0 Å². The molecular weight excluding hydrogens is 438 g/mol. The molecule has 0 aliphatic carbocycles. The zero-order valence-electron chi connectivity index (χ0n) is 14.9. The normalized spacial score (nSPS) is 12.3. The molecule has 2 atom stereocenters. The summed E-state index contributed by atoms with van der Waals surface area (Å²) in [6.45, 7) is 1.79. The zero-order valence-corrected chi connectivity index (χ0v) is 18.7. The van der Waals surface area contributed by atoms with Crippen molar-refractivity contribution in [2.45, 2.75) is 11.3 Å². The van der Waals surface area contributed by atoms with E-state index >= 15 is 0 Å². The van der Waals surface area contributed by atoms with Gasteiger partial charge in [-0.2, -0.15) is 9.17 Å². The minimum absolute atomic E-state index is 0.0519. The second kappa shape index (κ2) is 8.85. The number of nitrogens with zero attached hydrogens (tertiary/aromatic N) is 2. The molecule has 7 nitrogen and oxygen atoms in total. The quantitative estimate of drug-likeness (QED) is 0.532. The number of H-pyrrole nitrogens is 1. The number of carbonyl (C=O) groups excluding carboxylic acids is 1. The lowest BCUT2D eigenvalue weighted by atomic mass is 10.1. The Hall–Kier alpha value is -1.56. The molecule has 0 bridgehead atoms. The number of benzene rings is 2. The van der Waals surface area contributed by atoms with Crippen LogP contribution < -0.4 is 5.32 Å². The van der Waals surface area contributed by atoms with E-state index in [9.17, 15) is 13.2 Å². The average molecular weight is 457 g/mol. The standard InChI is InChI=1S/C17H19ClN4O3P2S/c1-27-22(10-26)28(24,25)15-8-13(6-12-9-19-21-17(12)15)20-16(23)7-11-4-2-3-5-14(11)18/h2-6,8-9,27H,7,10,26H2,1H3,(H,19,21)(H,20,23). The fourth-order valence-electron chi connectivity index (χ4n) is 2.74. The van der Waals surface area contributed by atoms with Crippen molar-refractivity contribution in [3.8, 4) is 0 Å². The molecule has 0 saturated carbocycles. The van der Waals surface area contributed by atoms with E-state index in [0.29, 0.717) is 27.2 Å². The van der Waals surface area contributed by atoms with Crippen LogP contribution in [-0.4, -0.2) is 41.5 Å². The number of carbonyl (C=O) groups is 1. The Morgan fingerprint density at radius 3 is 2.79 bits per heavy atom. The fraction of sp³-hybridized carbons (Fsp3) is 0.176. The third-order valence-electron chi connectivity index (χ3n) is 4.08. The van der Waals surface area contributed by atoms with Crippen LogP contribution in [0.5, 0.6) is 0 Å². The number of anilines is 1. The van der Waals surface area contributed by atoms with Gasteiger partial charge in [-0.1, -0.05) is 29.8 Å². The highest BCUT2D eigenvalue weighted by Gasteiger charge is 2.26. The van der Waals surface area contributed by atoms with Crippen molar-refractivity contribution in [2.24, 2.45) is 0 Å². The Morgan fingerprint density at radius 1 is 1.36 bits per heavy atom. The molecule has 1 heterocycles. The Balaban J connectivity index is 1.95. The third kappa shape index (κ3) is 4.37. The smallest absolute Gasteiger partial charge is 0.248 e. The van der Waals surface area contributed by atoms with Crippen molar-refractivity contribution in [1.82, 2.24) is 14.3 Å². The van der Waals surface area contributed by atoms with Gasteiger partial charge in [0, 0.05) is 28.6 Å². The van der Waals surface area contributed by atoms with E-state index in [1.807, 2.05) is 0 Å². The Bertz CT molecular complexity index is 1120. The summed E-state index contributed by atoms with van der Waals surface area (Å²) in [7, 11) is -1.27. The van der Waals surface area contributed by atoms with Crippen LogP contribution >= 0.6 is 29.6 Å². The Kier molecular flexibility index (Phi) is 6.69. The van der Waals surface area contributed by atoms with E-state index in [0.717, 1.165) is 0 Å². The zero-order chi connectivity index (χ0) is 20.3. The summed E-state index contributed by atoms with van der Waals surface area (Å²) >= 11 is 6.11. The highest BCUT2D eigenvalue weighted by atomic mass is 35.5. The number of hydrogen-bond donors (Lipinski definition) is 2. The lowest BCUT2D eigenvalue weighted by molar-refractivity contribution is -0.115. The van der Waals surface area contributed by atoms with Gasteiger partial charge in [-0.05, 0) is 39.2 Å². The second-order valence-corrected chi connectivity index (χ2v) is 9.79. The van der Waals surface area contributed by atoms with E-state index in [1.165, 1.54) is 10.1 Å². The van der Waals surface area contributed by atoms with Gasteiger partial charge in [-0.25, -0.2) is 8.42 Å². The summed E-state index contributed by atoms with van der Waals surface area (Å²) in [6.07, 6.45) is 1.95. The van der Waals surface area contributed by atoms with Crippen molar-refractivity contribution >= 4 is 62.1 Å². The van der Waals surface area contributed by atoms with Crippen LogP contribution in [0.1, 0.15) is 5.56 Å². The Morgan fingerprint density at radius 2 is 2.11 bits per heavy atom. The first kappa shape index (κ1) is 21.2. The molecule has 0 aliphatic heterocycles. The molecule has 148 valence electrons. The highest BCUT2D eigenvalue weighted by Crippen LogP contribution is 2.32. The van der Waals surface area contributed by atoms with Crippen molar-refractivity contribution in [1.29, 1.82) is 0 Å². The summed E-state index contributed by atoms with van der Waals surface area (Å²) in [6, 6.07) is 10.2. The van der Waals surface area contributed by atoms with Gasteiger partial charge in [-0.3, -0.25) is 9.89 Å². The largest absolute Gasteiger partial charge is 0.326 e. The molecule has 0 radical (unpaired) electrons. The third-order valence-corrected chi connectivity index (χ3v) is 8.99. The molecule has 1 aromatic heterocycles. The summed E-state index contributed by atoms with van der Waals surface area (Å²) in [5.41, 5.74) is 1.42. The van der Waals surface area contributed by atoms with Gasteiger partial charge in [0.1, 0.15) is 10.4 Å². The van der Waals surface area contributed by atoms with Crippen LogP contribution in [0.4, 0.5) is 5.69 Å². The lowest BCUT2D eigenvalue weighted by Gasteiger charge is -2.19. The molecule has 28 heavy (non-hydrogen) atoms. The number of halogens is 1. The number of nitrogens with one attached hydrogen (secondary N) is 2. The molecule has 0 spiro atoms. The first-order chi connectivity index (χ1) is 13.4. The number of aromatic nitrogens is 2. The maximum atomic E-state index is 13.0. The van der Waals surface area contributed by atoms with Crippen molar-refractivity contribution in [2.75, 3.05) is 18.3 Å². The molecule has 2 unspecified atom stereocenters. The van der Waals surface area contributed by atoms with Crippen molar-refractivity contribution in [3.63, 3.8) is 0 Å². The second-order valence-electron chi connectivity index (χ2n) is 5.87. The maximum absolute atomic E-state index is 13.0. The van der Waals surface area contributed by atoms with E-state index < -0.39 is 10.0 Å². The summed E-state index contributed by atoms with van der Waals surface area (Å²) in [5, 5.41) is 10.6. The number of hydrogen-bond acceptors (Lipinski definition) is 4. The number of fused-ring (bicyclic) bond motifs is 1. The van der Waals surface area contributed by atoms with Crippen LogP contribution in [-0.2, 0) is 21.2 Å². The highest BCUT2D eigenvalue weighted by molar-refractivity contribution is 7.93. The lowest BCUT2D eigenvalue weighted by Crippen LogP contribution is -2.22. The van der Waals surface area contributed by atoms with Crippen LogP contribution in [0, 0.1) is 0 Å². The molecule has 0 fully saturated rings. The SMILES string of the molecule is CPN(CP)S(=O)(=O)c1cc(NC(=O)Cc2ccccc2Cl)cc2c[nH]nc12. The van der Waals surface area contributed by atoms with Gasteiger partial charge in [0.05, 0.1) is 6.42 Å². The van der Waals surface area contributed by atoms with Gasteiger partial charge >= 0.3 is 0 Å². The molecule has 3 aromatic rings. The van der Waals surface area contributed by atoms with Crippen LogP contribution in [0.3, 0.4) is 0 Å². The van der Waals surface area contributed by atoms with Crippen molar-refractivity contribution < 1.29 is 13.2 Å². The van der Waals surface area contributed by atoms with E-state index in [1.54, 1.807) is 43.2 Å². The first-order valence-corrected chi connectivity index (χ1v) is 12.4. The molecule has 0 saturated heterocycles. The van der Waals surface area contributed by atoms with Gasteiger partial charge in [0.2, 0.25) is 15.9 Å². The number of sulfonamides is 1. The Labute approximate surface area is 172 Å². The number of amides is 1. The molecular formula is C17H19ClN4O3P2S. The predicted octanol–water partition coefficient (Wildman–Crippen LogP) is 3.44. The molecule has 1 amide bonds. The topological polar surface area (TPSA) is 95.2 Å². The molecule has 2 N–H and O–H groups in total. The van der Waals surface area contributed by atoms with E-state index in [-0.39, 0.29) is 32.2 Å². The van der Waals surface area contributed by atoms with Gasteiger partial charge in [-0.15, -0.1) is 9.24 Å². The average Bonchev–Trinajstić information content (AvgIpc) is 3.12. The maximum Gasteiger partial charge on any atom is 0.248 e. The minimum Gasteiger partial charge on any atom is -0.326 e. The number of aromatic amines is 1. The molecule has 0 aliphatic rings. The first-order valence-electron chi connectivity index (χ1n) is 8.27. The number of rotatable bonds is 7. The van der Waals surface area contributed by atoms with E-state index in [2.05, 4.69) is 24.8 Å². The molecule has 11 heteroatoms.